The van der Waals surface area contributed by atoms with Gasteiger partial charge in [-0.15, -0.1) is 0 Å². The number of carbonyl (C=O) groups is 1. The van der Waals surface area contributed by atoms with Gasteiger partial charge in [0.1, 0.15) is 0 Å². The van der Waals surface area contributed by atoms with Crippen molar-refractivity contribution in [3.63, 3.8) is 0 Å². The molecule has 1 heterocycles. The minimum absolute atomic E-state index is 0.246. The van der Waals surface area contributed by atoms with Crippen molar-refractivity contribution in [2.45, 2.75) is 12.5 Å². The summed E-state index contributed by atoms with van der Waals surface area (Å²) in [5.74, 6) is 0. The molecule has 5 heteroatoms. The molecule has 2 amide bonds. The maximum Gasteiger partial charge on any atom is 0.323 e. The summed E-state index contributed by atoms with van der Waals surface area (Å²) in [7, 11) is 1.76. The number of amides is 2. The highest BCUT2D eigenvalue weighted by Gasteiger charge is 2.22. The zero-order chi connectivity index (χ0) is 16.1. The minimum atomic E-state index is -0.246. The molecule has 1 saturated heterocycles. The summed E-state index contributed by atoms with van der Waals surface area (Å²) in [6, 6.07) is 17.0. The summed E-state index contributed by atoms with van der Waals surface area (Å²) in [5, 5.41) is 5.63. The lowest BCUT2D eigenvalue weighted by Crippen LogP contribution is -2.22. The first-order valence-electron chi connectivity index (χ1n) is 7.75. The van der Waals surface area contributed by atoms with Crippen LogP contribution in [-0.2, 0) is 4.74 Å². The number of benzene rings is 2. The zero-order valence-corrected chi connectivity index (χ0v) is 13.2. The van der Waals surface area contributed by atoms with Crippen molar-refractivity contribution >= 4 is 23.1 Å². The first-order valence-corrected chi connectivity index (χ1v) is 7.75. The molecule has 0 aromatic heterocycles. The van der Waals surface area contributed by atoms with E-state index in [2.05, 4.69) is 15.5 Å². The predicted octanol–water partition coefficient (Wildman–Crippen LogP) is 3.56. The number of carbonyl (C=O) groups excluding carboxylic acids is 1. The Morgan fingerprint density at radius 2 is 1.70 bits per heavy atom. The molecule has 0 bridgehead atoms. The molecule has 23 heavy (non-hydrogen) atoms. The third kappa shape index (κ3) is 4.02. The van der Waals surface area contributed by atoms with Gasteiger partial charge in [-0.05, 0) is 42.8 Å². The van der Waals surface area contributed by atoms with Crippen LogP contribution in [0.3, 0.4) is 0 Å². The second-order valence-corrected chi connectivity index (χ2v) is 5.58. The number of para-hydroxylation sites is 1. The topological polar surface area (TPSA) is 53.6 Å². The van der Waals surface area contributed by atoms with Gasteiger partial charge in [0.15, 0.2) is 0 Å². The van der Waals surface area contributed by atoms with Gasteiger partial charge in [0, 0.05) is 37.3 Å². The molecule has 1 unspecified atom stereocenters. The summed E-state index contributed by atoms with van der Waals surface area (Å²) < 4.78 is 5.39. The number of nitrogens with one attached hydrogen (secondary N) is 2. The Morgan fingerprint density at radius 3 is 2.30 bits per heavy atom. The summed E-state index contributed by atoms with van der Waals surface area (Å²) >= 11 is 0. The smallest absolute Gasteiger partial charge is 0.323 e. The number of nitrogens with zero attached hydrogens (tertiary/aromatic N) is 1. The van der Waals surface area contributed by atoms with E-state index in [9.17, 15) is 4.79 Å². The molecule has 1 fully saturated rings. The van der Waals surface area contributed by atoms with Crippen LogP contribution in [0.2, 0.25) is 0 Å². The number of methoxy groups -OCH3 is 1. The fourth-order valence-corrected chi connectivity index (χ4v) is 2.73. The maximum atomic E-state index is 12.0. The summed E-state index contributed by atoms with van der Waals surface area (Å²) in [6.07, 6.45) is 1.36. The molecule has 2 N–H and O–H groups in total. The van der Waals surface area contributed by atoms with Crippen LogP contribution in [-0.4, -0.2) is 32.3 Å². The van der Waals surface area contributed by atoms with Gasteiger partial charge in [0.25, 0.3) is 0 Å². The fraction of sp³-hybridized carbons (Fsp3) is 0.278. The van der Waals surface area contributed by atoms with E-state index < -0.39 is 0 Å². The molecule has 1 atom stereocenters. The predicted molar refractivity (Wildman–Crippen MR) is 93.2 cm³/mol. The van der Waals surface area contributed by atoms with Crippen molar-refractivity contribution in [1.82, 2.24) is 0 Å². The highest BCUT2D eigenvalue weighted by atomic mass is 16.5. The van der Waals surface area contributed by atoms with Crippen LogP contribution in [0.5, 0.6) is 0 Å². The van der Waals surface area contributed by atoms with Gasteiger partial charge in [-0.1, -0.05) is 18.2 Å². The average Bonchev–Trinajstić information content (AvgIpc) is 3.05. The van der Waals surface area contributed by atoms with Crippen molar-refractivity contribution in [1.29, 1.82) is 0 Å². The Bertz CT molecular complexity index is 643. The standard InChI is InChI=1S/C18H21N3O2/c1-23-17-11-12-21(13-17)16-9-7-15(8-10-16)20-18(22)19-14-5-3-2-4-6-14/h2-10,17H,11-13H2,1H3,(H2,19,20,22). The lowest BCUT2D eigenvalue weighted by molar-refractivity contribution is 0.121. The van der Waals surface area contributed by atoms with Gasteiger partial charge >= 0.3 is 6.03 Å². The highest BCUT2D eigenvalue weighted by molar-refractivity contribution is 5.99. The van der Waals surface area contributed by atoms with E-state index in [4.69, 9.17) is 4.74 Å². The first-order chi connectivity index (χ1) is 11.2. The molecule has 120 valence electrons. The van der Waals surface area contributed by atoms with Gasteiger partial charge in [-0.3, -0.25) is 0 Å². The third-order valence-corrected chi connectivity index (χ3v) is 4.00. The van der Waals surface area contributed by atoms with Crippen molar-refractivity contribution in [2.75, 3.05) is 35.7 Å². The number of urea groups is 1. The van der Waals surface area contributed by atoms with Crippen molar-refractivity contribution in [3.05, 3.63) is 54.6 Å². The van der Waals surface area contributed by atoms with Gasteiger partial charge in [-0.25, -0.2) is 4.79 Å². The van der Waals surface area contributed by atoms with Crippen LogP contribution in [0.1, 0.15) is 6.42 Å². The van der Waals surface area contributed by atoms with Crippen LogP contribution < -0.4 is 15.5 Å². The Balaban J connectivity index is 1.56. The van der Waals surface area contributed by atoms with E-state index in [1.165, 1.54) is 0 Å². The summed E-state index contributed by atoms with van der Waals surface area (Å²) in [6.45, 7) is 1.91. The normalized spacial score (nSPS) is 17.1. The Kier molecular flexibility index (Phi) is 4.78. The third-order valence-electron chi connectivity index (χ3n) is 4.00. The molecular weight excluding hydrogens is 290 g/mol. The number of anilines is 3. The lowest BCUT2D eigenvalue weighted by Gasteiger charge is -2.18. The molecule has 0 radical (unpaired) electrons. The molecular formula is C18H21N3O2. The number of rotatable bonds is 4. The molecule has 0 saturated carbocycles. The van der Waals surface area contributed by atoms with E-state index in [-0.39, 0.29) is 6.03 Å². The van der Waals surface area contributed by atoms with Crippen LogP contribution in [0.25, 0.3) is 0 Å². The van der Waals surface area contributed by atoms with E-state index in [1.807, 2.05) is 54.6 Å². The summed E-state index contributed by atoms with van der Waals surface area (Å²) in [5.41, 5.74) is 2.69. The molecule has 0 aliphatic carbocycles. The van der Waals surface area contributed by atoms with Crippen LogP contribution in [0, 0.1) is 0 Å². The molecule has 0 spiro atoms. The second kappa shape index (κ2) is 7.15. The number of ether oxygens (including phenoxy) is 1. The SMILES string of the molecule is COC1CCN(c2ccc(NC(=O)Nc3ccccc3)cc2)C1. The molecule has 1 aliphatic heterocycles. The number of hydrogen-bond donors (Lipinski definition) is 2. The van der Waals surface area contributed by atoms with E-state index in [0.717, 1.165) is 36.6 Å². The Labute approximate surface area is 136 Å². The number of hydrogen-bond acceptors (Lipinski definition) is 3. The van der Waals surface area contributed by atoms with E-state index in [1.54, 1.807) is 7.11 Å². The average molecular weight is 311 g/mol. The van der Waals surface area contributed by atoms with Gasteiger partial charge < -0.3 is 20.3 Å². The Hall–Kier alpha value is -2.53. The first kappa shape index (κ1) is 15.4. The van der Waals surface area contributed by atoms with Crippen LogP contribution in [0.15, 0.2) is 54.6 Å². The highest BCUT2D eigenvalue weighted by Crippen LogP contribution is 2.23. The van der Waals surface area contributed by atoms with E-state index >= 15 is 0 Å². The minimum Gasteiger partial charge on any atom is -0.380 e. The van der Waals surface area contributed by atoms with Crippen LogP contribution >= 0.6 is 0 Å². The quantitative estimate of drug-likeness (QED) is 0.908. The largest absolute Gasteiger partial charge is 0.380 e. The molecule has 1 aliphatic rings. The van der Waals surface area contributed by atoms with E-state index in [0.29, 0.717) is 6.10 Å². The second-order valence-electron chi connectivity index (χ2n) is 5.58. The zero-order valence-electron chi connectivity index (χ0n) is 13.2. The molecule has 2 aromatic rings. The van der Waals surface area contributed by atoms with Gasteiger partial charge in [-0.2, -0.15) is 0 Å². The van der Waals surface area contributed by atoms with Crippen molar-refractivity contribution in [2.24, 2.45) is 0 Å². The maximum absolute atomic E-state index is 12.0. The van der Waals surface area contributed by atoms with Gasteiger partial charge in [0.2, 0.25) is 0 Å². The lowest BCUT2D eigenvalue weighted by atomic mass is 10.2. The monoisotopic (exact) mass is 311 g/mol. The molecule has 3 rings (SSSR count). The van der Waals surface area contributed by atoms with Gasteiger partial charge in [0.05, 0.1) is 6.10 Å². The van der Waals surface area contributed by atoms with Crippen molar-refractivity contribution < 1.29 is 9.53 Å². The summed E-state index contributed by atoms with van der Waals surface area (Å²) in [4.78, 5) is 14.2. The fourth-order valence-electron chi connectivity index (χ4n) is 2.73. The molecule has 5 nitrogen and oxygen atoms in total. The van der Waals surface area contributed by atoms with Crippen molar-refractivity contribution in [3.8, 4) is 0 Å². The molecule has 2 aromatic carbocycles. The van der Waals surface area contributed by atoms with Crippen LogP contribution in [0.4, 0.5) is 21.9 Å². The Morgan fingerprint density at radius 1 is 1.04 bits per heavy atom.